The van der Waals surface area contributed by atoms with Crippen LogP contribution in [0.5, 0.6) is 0 Å². The van der Waals surface area contributed by atoms with Crippen molar-refractivity contribution >= 4 is 22.5 Å². The number of H-pyrrole nitrogens is 1. The monoisotopic (exact) mass is 233 g/mol. The summed E-state index contributed by atoms with van der Waals surface area (Å²) in [5.74, 6) is 0.619. The zero-order chi connectivity index (χ0) is 11.0. The second-order valence-electron chi connectivity index (χ2n) is 4.35. The van der Waals surface area contributed by atoms with Crippen LogP contribution in [0.3, 0.4) is 0 Å². The van der Waals surface area contributed by atoms with Gasteiger partial charge >= 0.3 is 0 Å². The minimum Gasteiger partial charge on any atom is -0.352 e. The molecule has 0 atom stereocenters. The van der Waals surface area contributed by atoms with Gasteiger partial charge in [-0.05, 0) is 43.5 Å². The molecule has 2 aromatic rings. The summed E-state index contributed by atoms with van der Waals surface area (Å²) in [6, 6.07) is 6.06. The van der Waals surface area contributed by atoms with Crippen LogP contribution in [0.4, 0.5) is 0 Å². The Balaban J connectivity index is 2.06. The van der Waals surface area contributed by atoms with Crippen LogP contribution >= 0.6 is 11.6 Å². The molecular formula is C13H14ClN2. The van der Waals surface area contributed by atoms with E-state index in [1.54, 1.807) is 0 Å². The van der Waals surface area contributed by atoms with E-state index in [2.05, 4.69) is 22.6 Å². The Morgan fingerprint density at radius 3 is 2.88 bits per heavy atom. The van der Waals surface area contributed by atoms with Crippen molar-refractivity contribution in [2.45, 2.75) is 18.8 Å². The van der Waals surface area contributed by atoms with Crippen molar-refractivity contribution < 1.29 is 0 Å². The molecule has 1 aromatic heterocycles. The number of rotatable bonds is 1. The van der Waals surface area contributed by atoms with Crippen molar-refractivity contribution in [3.05, 3.63) is 35.0 Å². The highest BCUT2D eigenvalue weighted by atomic mass is 35.5. The maximum atomic E-state index is 6.15. The van der Waals surface area contributed by atoms with Gasteiger partial charge in [-0.25, -0.2) is 0 Å². The number of hydrogen-bond acceptors (Lipinski definition) is 1. The predicted molar refractivity (Wildman–Crippen MR) is 67.0 cm³/mol. The van der Waals surface area contributed by atoms with Gasteiger partial charge in [0.1, 0.15) is 0 Å². The van der Waals surface area contributed by atoms with Crippen molar-refractivity contribution in [1.29, 1.82) is 0 Å². The maximum Gasteiger partial charge on any atom is 0.0669 e. The number of benzene rings is 1. The van der Waals surface area contributed by atoms with Gasteiger partial charge in [-0.1, -0.05) is 23.7 Å². The molecule has 1 aromatic carbocycles. The van der Waals surface area contributed by atoms with Crippen LogP contribution < -0.4 is 5.32 Å². The van der Waals surface area contributed by atoms with Gasteiger partial charge in [0.15, 0.2) is 0 Å². The minimum atomic E-state index is 0.619. The molecule has 3 heteroatoms. The van der Waals surface area contributed by atoms with Gasteiger partial charge in [-0.2, -0.15) is 0 Å². The van der Waals surface area contributed by atoms with Crippen LogP contribution in [0.25, 0.3) is 10.9 Å². The fourth-order valence-electron chi connectivity index (χ4n) is 2.51. The Morgan fingerprint density at radius 1 is 1.25 bits per heavy atom. The first kappa shape index (κ1) is 10.2. The Bertz CT molecular complexity index is 498. The Labute approximate surface area is 100.0 Å². The van der Waals surface area contributed by atoms with Crippen molar-refractivity contribution in [1.82, 2.24) is 10.3 Å². The average Bonchev–Trinajstić information content (AvgIpc) is 2.75. The summed E-state index contributed by atoms with van der Waals surface area (Å²) in [5, 5.41) is 5.41. The van der Waals surface area contributed by atoms with Gasteiger partial charge < -0.3 is 10.3 Å². The highest BCUT2D eigenvalue weighted by Crippen LogP contribution is 2.33. The molecule has 0 aliphatic carbocycles. The third-order valence-electron chi connectivity index (χ3n) is 3.37. The van der Waals surface area contributed by atoms with Crippen molar-refractivity contribution in [2.24, 2.45) is 0 Å². The van der Waals surface area contributed by atoms with E-state index in [0.29, 0.717) is 5.92 Å². The molecule has 0 unspecified atom stereocenters. The van der Waals surface area contributed by atoms with Crippen molar-refractivity contribution in [2.75, 3.05) is 13.1 Å². The number of para-hydroxylation sites is 1. The molecule has 0 bridgehead atoms. The van der Waals surface area contributed by atoms with Crippen LogP contribution in [-0.4, -0.2) is 18.1 Å². The highest BCUT2D eigenvalue weighted by molar-refractivity contribution is 6.35. The molecular weight excluding hydrogens is 220 g/mol. The maximum absolute atomic E-state index is 6.15. The van der Waals surface area contributed by atoms with Crippen LogP contribution in [0, 0.1) is 6.20 Å². The summed E-state index contributed by atoms with van der Waals surface area (Å²) >= 11 is 6.15. The quantitative estimate of drug-likeness (QED) is 0.779. The lowest BCUT2D eigenvalue weighted by atomic mass is 9.90. The normalized spacial score (nSPS) is 18.1. The number of aromatic amines is 1. The smallest absolute Gasteiger partial charge is 0.0669 e. The first-order valence-corrected chi connectivity index (χ1v) is 6.12. The number of hydrogen-bond donors (Lipinski definition) is 2. The molecule has 0 saturated carbocycles. The molecule has 3 rings (SSSR count). The SMILES string of the molecule is Clc1cccc2c(C3CCNCC3)[c][nH]c12. The molecule has 2 nitrogen and oxygen atoms in total. The third kappa shape index (κ3) is 1.62. The summed E-state index contributed by atoms with van der Waals surface area (Å²) in [7, 11) is 0. The summed E-state index contributed by atoms with van der Waals surface area (Å²) in [6.45, 7) is 2.21. The summed E-state index contributed by atoms with van der Waals surface area (Å²) in [6.07, 6.45) is 5.67. The number of nitrogens with one attached hydrogen (secondary N) is 2. The molecule has 1 aliphatic heterocycles. The average molecular weight is 234 g/mol. The van der Waals surface area contributed by atoms with E-state index in [0.717, 1.165) is 23.6 Å². The molecule has 1 fully saturated rings. The molecule has 83 valence electrons. The third-order valence-corrected chi connectivity index (χ3v) is 3.69. The zero-order valence-electron chi connectivity index (χ0n) is 9.02. The van der Waals surface area contributed by atoms with Gasteiger partial charge in [0.05, 0.1) is 16.7 Å². The van der Waals surface area contributed by atoms with Crippen molar-refractivity contribution in [3.63, 3.8) is 0 Å². The van der Waals surface area contributed by atoms with Gasteiger partial charge in [-0.15, -0.1) is 0 Å². The highest BCUT2D eigenvalue weighted by Gasteiger charge is 2.19. The first-order valence-electron chi connectivity index (χ1n) is 5.75. The summed E-state index contributed by atoms with van der Waals surface area (Å²) in [5.41, 5.74) is 2.33. The Morgan fingerprint density at radius 2 is 2.06 bits per heavy atom. The van der Waals surface area contributed by atoms with E-state index < -0.39 is 0 Å². The number of aromatic nitrogens is 1. The molecule has 1 radical (unpaired) electrons. The lowest BCUT2D eigenvalue weighted by molar-refractivity contribution is 0.462. The number of piperidine rings is 1. The van der Waals surface area contributed by atoms with Crippen molar-refractivity contribution in [3.8, 4) is 0 Å². The second kappa shape index (κ2) is 4.11. The molecule has 2 N–H and O–H groups in total. The number of fused-ring (bicyclic) bond motifs is 1. The fraction of sp³-hybridized carbons (Fsp3) is 0.385. The van der Waals surface area contributed by atoms with Crippen LogP contribution in [0.15, 0.2) is 18.2 Å². The van der Waals surface area contributed by atoms with E-state index in [4.69, 9.17) is 11.6 Å². The fourth-order valence-corrected chi connectivity index (χ4v) is 2.73. The molecule has 2 heterocycles. The topological polar surface area (TPSA) is 27.8 Å². The van der Waals surface area contributed by atoms with Crippen LogP contribution in [-0.2, 0) is 0 Å². The zero-order valence-corrected chi connectivity index (χ0v) is 9.77. The number of halogens is 1. The van der Waals surface area contributed by atoms with Gasteiger partial charge in [0.25, 0.3) is 0 Å². The van der Waals surface area contributed by atoms with Gasteiger partial charge in [0.2, 0.25) is 0 Å². The summed E-state index contributed by atoms with van der Waals surface area (Å²) < 4.78 is 0. The van der Waals surface area contributed by atoms with E-state index in [9.17, 15) is 0 Å². The Kier molecular flexibility index (Phi) is 2.62. The standard InChI is InChI=1S/C13H14ClN2/c14-12-3-1-2-10-11(8-16-13(10)12)9-4-6-15-7-5-9/h1-3,9,15-16H,4-7H2. The lowest BCUT2D eigenvalue weighted by Crippen LogP contribution is -2.26. The van der Waals surface area contributed by atoms with Gasteiger partial charge in [-0.3, -0.25) is 0 Å². The molecule has 16 heavy (non-hydrogen) atoms. The van der Waals surface area contributed by atoms with E-state index in [-0.39, 0.29) is 0 Å². The second-order valence-corrected chi connectivity index (χ2v) is 4.76. The molecule has 0 spiro atoms. The molecule has 1 saturated heterocycles. The minimum absolute atomic E-state index is 0.619. The van der Waals surface area contributed by atoms with E-state index >= 15 is 0 Å². The van der Waals surface area contributed by atoms with E-state index in [1.165, 1.54) is 23.8 Å². The largest absolute Gasteiger partial charge is 0.352 e. The lowest BCUT2D eigenvalue weighted by Gasteiger charge is -2.21. The molecule has 1 aliphatic rings. The first-order chi connectivity index (χ1) is 7.86. The van der Waals surface area contributed by atoms with Crippen LogP contribution in [0.1, 0.15) is 24.3 Å². The summed E-state index contributed by atoms with van der Waals surface area (Å²) in [4.78, 5) is 3.18. The van der Waals surface area contributed by atoms with Gasteiger partial charge in [0, 0.05) is 5.39 Å². The predicted octanol–water partition coefficient (Wildman–Crippen LogP) is 3.09. The van der Waals surface area contributed by atoms with Crippen LogP contribution in [0.2, 0.25) is 5.02 Å². The molecule has 0 amide bonds. The Hall–Kier alpha value is -0.990. The van der Waals surface area contributed by atoms with E-state index in [1.807, 2.05) is 12.1 Å².